The fraction of sp³-hybridized carbons (Fsp3) is 0.579. The van der Waals surface area contributed by atoms with Crippen LogP contribution in [0.15, 0.2) is 30.3 Å². The zero-order valence-corrected chi connectivity index (χ0v) is 16.6. The summed E-state index contributed by atoms with van der Waals surface area (Å²) in [6, 6.07) is 9.91. The van der Waals surface area contributed by atoms with Crippen molar-refractivity contribution in [1.82, 2.24) is 0 Å². The van der Waals surface area contributed by atoms with Crippen LogP contribution in [0.25, 0.3) is 0 Å². The van der Waals surface area contributed by atoms with Crippen LogP contribution in [0.5, 0.6) is 0 Å². The molecule has 0 aromatic heterocycles. The van der Waals surface area contributed by atoms with Gasteiger partial charge in [0.1, 0.15) is 6.16 Å². The molecule has 0 spiro atoms. The SMILES string of the molecule is CCC(=O)O[C@@H](O[P@](=O)(CCCCc1ccccc1)CC(=O)O)C(C)C. The molecule has 0 fully saturated rings. The predicted octanol–water partition coefficient (Wildman–Crippen LogP) is 4.32. The van der Waals surface area contributed by atoms with Crippen molar-refractivity contribution >= 4 is 19.3 Å². The molecule has 146 valence electrons. The maximum absolute atomic E-state index is 13.0. The number of hydrogen-bond donors (Lipinski definition) is 1. The quantitative estimate of drug-likeness (QED) is 0.250. The third kappa shape index (κ3) is 8.63. The number of carboxylic acids is 1. The Kier molecular flexibility index (Phi) is 9.60. The highest BCUT2D eigenvalue weighted by atomic mass is 31.2. The molecule has 0 aliphatic rings. The fourth-order valence-electron chi connectivity index (χ4n) is 2.38. The summed E-state index contributed by atoms with van der Waals surface area (Å²) < 4.78 is 23.8. The molecule has 0 saturated heterocycles. The van der Waals surface area contributed by atoms with E-state index in [1.54, 1.807) is 20.8 Å². The van der Waals surface area contributed by atoms with Gasteiger partial charge in [0.25, 0.3) is 0 Å². The summed E-state index contributed by atoms with van der Waals surface area (Å²) in [6.07, 6.45) is 0.940. The molecular weight excluding hydrogens is 355 g/mol. The number of benzene rings is 1. The van der Waals surface area contributed by atoms with Crippen molar-refractivity contribution in [3.63, 3.8) is 0 Å². The molecule has 0 aliphatic carbocycles. The molecule has 7 heteroatoms. The average molecular weight is 384 g/mol. The van der Waals surface area contributed by atoms with Crippen LogP contribution in [0.4, 0.5) is 0 Å². The average Bonchev–Trinajstić information content (AvgIpc) is 2.58. The number of rotatable bonds is 12. The van der Waals surface area contributed by atoms with Crippen molar-refractivity contribution in [2.45, 2.75) is 52.7 Å². The first-order valence-electron chi connectivity index (χ1n) is 8.97. The molecular formula is C19H29O6P. The molecule has 26 heavy (non-hydrogen) atoms. The van der Waals surface area contributed by atoms with E-state index in [4.69, 9.17) is 14.4 Å². The van der Waals surface area contributed by atoms with Crippen molar-refractivity contribution in [2.24, 2.45) is 5.92 Å². The van der Waals surface area contributed by atoms with Gasteiger partial charge >= 0.3 is 11.9 Å². The van der Waals surface area contributed by atoms with Gasteiger partial charge in [-0.15, -0.1) is 0 Å². The number of carbonyl (C=O) groups is 2. The first-order valence-corrected chi connectivity index (χ1v) is 11.0. The Morgan fingerprint density at radius 3 is 2.35 bits per heavy atom. The molecule has 1 rings (SSSR count). The van der Waals surface area contributed by atoms with E-state index in [0.717, 1.165) is 12.8 Å². The molecule has 1 aromatic rings. The van der Waals surface area contributed by atoms with Gasteiger partial charge in [-0.3, -0.25) is 18.7 Å². The number of unbranched alkanes of at least 4 members (excludes halogenated alkanes) is 1. The van der Waals surface area contributed by atoms with Crippen LogP contribution in [0.2, 0.25) is 0 Å². The molecule has 0 heterocycles. The van der Waals surface area contributed by atoms with Gasteiger partial charge in [-0.05, 0) is 24.8 Å². The molecule has 1 N–H and O–H groups in total. The van der Waals surface area contributed by atoms with Crippen LogP contribution < -0.4 is 0 Å². The van der Waals surface area contributed by atoms with E-state index in [2.05, 4.69) is 0 Å². The lowest BCUT2D eigenvalue weighted by atomic mass is 10.1. The lowest BCUT2D eigenvalue weighted by molar-refractivity contribution is -0.169. The lowest BCUT2D eigenvalue weighted by Gasteiger charge is -2.26. The second-order valence-electron chi connectivity index (χ2n) is 6.59. The van der Waals surface area contributed by atoms with Crippen LogP contribution >= 0.6 is 7.37 Å². The third-order valence-corrected chi connectivity index (χ3v) is 6.15. The van der Waals surface area contributed by atoms with Gasteiger partial charge in [0, 0.05) is 18.5 Å². The summed E-state index contributed by atoms with van der Waals surface area (Å²) in [5.41, 5.74) is 1.18. The first kappa shape index (κ1) is 22.4. The van der Waals surface area contributed by atoms with Crippen molar-refractivity contribution < 1.29 is 28.5 Å². The van der Waals surface area contributed by atoms with E-state index in [0.29, 0.717) is 6.42 Å². The highest BCUT2D eigenvalue weighted by Gasteiger charge is 2.33. The maximum atomic E-state index is 13.0. The zero-order valence-electron chi connectivity index (χ0n) is 15.7. The Balaban J connectivity index is 2.67. The van der Waals surface area contributed by atoms with Crippen LogP contribution in [-0.4, -0.2) is 35.7 Å². The maximum Gasteiger partial charge on any atom is 0.313 e. The highest BCUT2D eigenvalue weighted by molar-refractivity contribution is 7.59. The number of carbonyl (C=O) groups excluding carboxylic acids is 1. The number of ether oxygens (including phenoxy) is 1. The van der Waals surface area contributed by atoms with Gasteiger partial charge in [-0.1, -0.05) is 51.1 Å². The van der Waals surface area contributed by atoms with Crippen molar-refractivity contribution in [3.05, 3.63) is 35.9 Å². The minimum Gasteiger partial charge on any atom is -0.481 e. The summed E-state index contributed by atoms with van der Waals surface area (Å²) in [7, 11) is -3.45. The minimum atomic E-state index is -3.45. The number of carboxylic acid groups (broad SMARTS) is 1. The Labute approximate surface area is 155 Å². The number of esters is 1. The van der Waals surface area contributed by atoms with Crippen LogP contribution in [0.1, 0.15) is 45.6 Å². The summed E-state index contributed by atoms with van der Waals surface area (Å²) in [5.74, 6) is -1.87. The summed E-state index contributed by atoms with van der Waals surface area (Å²) >= 11 is 0. The van der Waals surface area contributed by atoms with Gasteiger partial charge < -0.3 is 9.84 Å². The van der Waals surface area contributed by atoms with E-state index >= 15 is 0 Å². The second-order valence-corrected chi connectivity index (χ2v) is 9.20. The van der Waals surface area contributed by atoms with Gasteiger partial charge in [-0.2, -0.15) is 0 Å². The first-order chi connectivity index (χ1) is 12.3. The van der Waals surface area contributed by atoms with Crippen LogP contribution in [0.3, 0.4) is 0 Å². The summed E-state index contributed by atoms with van der Waals surface area (Å²) in [5, 5.41) is 9.10. The number of aliphatic carboxylic acids is 1. The second kappa shape index (κ2) is 11.1. The normalized spacial score (nSPS) is 14.6. The molecule has 0 aliphatic heterocycles. The summed E-state index contributed by atoms with van der Waals surface area (Å²) in [6.45, 7) is 5.20. The molecule has 0 bridgehead atoms. The molecule has 0 saturated carbocycles. The topological polar surface area (TPSA) is 89.9 Å². The van der Waals surface area contributed by atoms with Crippen molar-refractivity contribution in [3.8, 4) is 0 Å². The third-order valence-electron chi connectivity index (χ3n) is 3.81. The standard InChI is InChI=1S/C19H29O6P/c1-4-18(22)24-19(15(2)3)25-26(23,14-17(20)21)13-9-8-12-16-10-6-5-7-11-16/h5-7,10-11,15,19H,4,8-9,12-14H2,1-3H3,(H,20,21)/t19-,26+/m0/s1. The Morgan fingerprint density at radius 2 is 1.81 bits per heavy atom. The molecule has 0 unspecified atom stereocenters. The Hall–Kier alpha value is -1.65. The zero-order chi connectivity index (χ0) is 19.6. The largest absolute Gasteiger partial charge is 0.481 e. The van der Waals surface area contributed by atoms with Gasteiger partial charge in [0.2, 0.25) is 13.7 Å². The highest BCUT2D eigenvalue weighted by Crippen LogP contribution is 2.49. The smallest absolute Gasteiger partial charge is 0.313 e. The van der Waals surface area contributed by atoms with Gasteiger partial charge in [0.05, 0.1) is 0 Å². The molecule has 1 aromatic carbocycles. The number of aryl methyl sites for hydroxylation is 1. The molecule has 2 atom stereocenters. The predicted molar refractivity (Wildman–Crippen MR) is 100 cm³/mol. The van der Waals surface area contributed by atoms with Gasteiger partial charge in [-0.25, -0.2) is 0 Å². The molecule has 6 nitrogen and oxygen atoms in total. The monoisotopic (exact) mass is 384 g/mol. The van der Waals surface area contributed by atoms with E-state index in [9.17, 15) is 14.2 Å². The van der Waals surface area contributed by atoms with E-state index < -0.39 is 31.8 Å². The number of hydrogen-bond acceptors (Lipinski definition) is 5. The molecule has 0 amide bonds. The van der Waals surface area contributed by atoms with Crippen LogP contribution in [-0.2, 0) is 29.8 Å². The fourth-order valence-corrected chi connectivity index (χ4v) is 4.50. The van der Waals surface area contributed by atoms with Crippen molar-refractivity contribution in [1.29, 1.82) is 0 Å². The minimum absolute atomic E-state index is 0.152. The van der Waals surface area contributed by atoms with E-state index in [-0.39, 0.29) is 18.5 Å². The van der Waals surface area contributed by atoms with Crippen LogP contribution in [0, 0.1) is 5.92 Å². The Bertz CT molecular complexity index is 614. The van der Waals surface area contributed by atoms with Crippen molar-refractivity contribution in [2.75, 3.05) is 12.3 Å². The van der Waals surface area contributed by atoms with E-state index in [1.807, 2.05) is 30.3 Å². The van der Waals surface area contributed by atoms with Gasteiger partial charge in [0.15, 0.2) is 0 Å². The lowest BCUT2D eigenvalue weighted by Crippen LogP contribution is -2.27. The Morgan fingerprint density at radius 1 is 1.15 bits per heavy atom. The summed E-state index contributed by atoms with van der Waals surface area (Å²) in [4.78, 5) is 22.7. The molecule has 0 radical (unpaired) electrons. The van der Waals surface area contributed by atoms with E-state index in [1.165, 1.54) is 5.56 Å².